The first-order valence-corrected chi connectivity index (χ1v) is 17.9. The van der Waals surface area contributed by atoms with Gasteiger partial charge in [0.1, 0.15) is 0 Å². The fourth-order valence-electron chi connectivity index (χ4n) is 8.32. The van der Waals surface area contributed by atoms with Gasteiger partial charge in [0.25, 0.3) is 0 Å². The third-order valence-corrected chi connectivity index (χ3v) is 12.1. The molecular formula is C35H48Cl2N8O2. The molecule has 0 unspecified atom stereocenters. The van der Waals surface area contributed by atoms with Crippen molar-refractivity contribution >= 4 is 45.8 Å². The number of benzene rings is 1. The van der Waals surface area contributed by atoms with Crippen LogP contribution in [0.3, 0.4) is 0 Å². The van der Waals surface area contributed by atoms with Crippen molar-refractivity contribution in [2.24, 2.45) is 5.41 Å². The number of halogens is 2. The minimum atomic E-state index is -0.0143. The first kappa shape index (κ1) is 32.9. The van der Waals surface area contributed by atoms with Gasteiger partial charge in [0.05, 0.1) is 47.1 Å². The first-order valence-electron chi connectivity index (χ1n) is 17.1. The van der Waals surface area contributed by atoms with Crippen LogP contribution in [0.4, 0.5) is 5.82 Å². The molecule has 5 aliphatic rings. The summed E-state index contributed by atoms with van der Waals surface area (Å²) in [4.78, 5) is 21.2. The molecule has 5 fully saturated rings. The second-order valence-electron chi connectivity index (χ2n) is 15.0. The van der Waals surface area contributed by atoms with E-state index < -0.39 is 0 Å². The second kappa shape index (κ2) is 12.7. The molecule has 1 saturated carbocycles. The summed E-state index contributed by atoms with van der Waals surface area (Å²) in [5, 5.41) is 14.6. The lowest BCUT2D eigenvalue weighted by molar-refractivity contribution is -0.149. The number of rotatable bonds is 5. The number of H-pyrrole nitrogens is 1. The van der Waals surface area contributed by atoms with Crippen LogP contribution in [0.15, 0.2) is 24.9 Å². The molecule has 3 aromatic rings. The van der Waals surface area contributed by atoms with E-state index in [4.69, 9.17) is 33.0 Å². The maximum atomic E-state index is 12.0. The summed E-state index contributed by atoms with van der Waals surface area (Å²) in [6, 6.07) is 2.87. The number of amides is 1. The molecule has 1 N–H and O–H groups in total. The number of carbonyl (C=O) groups excluding carboxylic acids is 1. The third-order valence-electron chi connectivity index (χ3n) is 11.3. The second-order valence-corrected chi connectivity index (χ2v) is 15.8. The van der Waals surface area contributed by atoms with E-state index in [0.29, 0.717) is 16.1 Å². The largest absolute Gasteiger partial charge is 0.378 e. The van der Waals surface area contributed by atoms with Crippen LogP contribution < -0.4 is 4.90 Å². The zero-order valence-corrected chi connectivity index (χ0v) is 29.7. The van der Waals surface area contributed by atoms with E-state index in [1.54, 1.807) is 0 Å². The SMILES string of the molecule is C=CC(=O)N1CC2(CC(n3nc(N4CCCCC4(C)C)c(-c4c(Cl)c(Cl)cc5[nH]ncc45)c3C)C2)C1.CN1CCN(C2COC2)CC1. The zero-order chi connectivity index (χ0) is 33.1. The molecule has 0 atom stereocenters. The van der Waals surface area contributed by atoms with Crippen LogP contribution in [0.25, 0.3) is 22.0 Å². The molecule has 8 rings (SSSR count). The normalized spacial score (nSPS) is 23.2. The summed E-state index contributed by atoms with van der Waals surface area (Å²) in [5.41, 5.74) is 4.09. The van der Waals surface area contributed by atoms with Crippen molar-refractivity contribution in [3.05, 3.63) is 40.7 Å². The van der Waals surface area contributed by atoms with Crippen LogP contribution in [-0.4, -0.2) is 118 Å². The Morgan fingerprint density at radius 3 is 2.43 bits per heavy atom. The molecule has 0 bridgehead atoms. The zero-order valence-electron chi connectivity index (χ0n) is 28.2. The third kappa shape index (κ3) is 5.98. The van der Waals surface area contributed by atoms with Crippen LogP contribution in [-0.2, 0) is 9.53 Å². The average molecular weight is 684 g/mol. The van der Waals surface area contributed by atoms with Gasteiger partial charge in [-0.3, -0.25) is 19.5 Å². The molecule has 12 heteroatoms. The summed E-state index contributed by atoms with van der Waals surface area (Å²) >= 11 is 13.5. The van der Waals surface area contributed by atoms with E-state index in [-0.39, 0.29) is 16.9 Å². The Morgan fingerprint density at radius 2 is 1.79 bits per heavy atom. The van der Waals surface area contributed by atoms with E-state index in [0.717, 1.165) is 98.1 Å². The lowest BCUT2D eigenvalue weighted by Crippen LogP contribution is -2.63. The predicted molar refractivity (Wildman–Crippen MR) is 189 cm³/mol. The number of likely N-dealkylation sites (N-methyl/N-ethyl adjacent to an activating group) is 1. The highest BCUT2D eigenvalue weighted by molar-refractivity contribution is 6.45. The van der Waals surface area contributed by atoms with Gasteiger partial charge in [-0.2, -0.15) is 10.2 Å². The van der Waals surface area contributed by atoms with Crippen molar-refractivity contribution in [3.63, 3.8) is 0 Å². The van der Waals surface area contributed by atoms with Gasteiger partial charge in [0.15, 0.2) is 5.82 Å². The topological polar surface area (TPSA) is 85.8 Å². The van der Waals surface area contributed by atoms with Gasteiger partial charge in [-0.25, -0.2) is 0 Å². The monoisotopic (exact) mass is 682 g/mol. The minimum Gasteiger partial charge on any atom is -0.378 e. The number of ether oxygens (including phenoxy) is 1. The molecule has 1 amide bonds. The number of hydrogen-bond donors (Lipinski definition) is 1. The number of aromatic nitrogens is 4. The van der Waals surface area contributed by atoms with Crippen molar-refractivity contribution in [1.29, 1.82) is 0 Å². The number of anilines is 1. The molecule has 4 aliphatic heterocycles. The lowest BCUT2D eigenvalue weighted by Gasteiger charge is -2.58. The summed E-state index contributed by atoms with van der Waals surface area (Å²) in [6.07, 6.45) is 8.73. The molecule has 1 aromatic carbocycles. The molecule has 254 valence electrons. The molecule has 6 heterocycles. The van der Waals surface area contributed by atoms with Gasteiger partial charge in [0, 0.05) is 79.0 Å². The molecule has 47 heavy (non-hydrogen) atoms. The van der Waals surface area contributed by atoms with Crippen molar-refractivity contribution in [1.82, 2.24) is 34.7 Å². The maximum absolute atomic E-state index is 12.0. The number of nitrogens with one attached hydrogen (secondary N) is 1. The molecule has 1 aliphatic carbocycles. The van der Waals surface area contributed by atoms with E-state index >= 15 is 0 Å². The van der Waals surface area contributed by atoms with Crippen LogP contribution >= 0.6 is 23.2 Å². The fourth-order valence-corrected chi connectivity index (χ4v) is 8.77. The molecule has 0 radical (unpaired) electrons. The molecule has 10 nitrogen and oxygen atoms in total. The molecule has 1 spiro atoms. The number of piperidine rings is 1. The van der Waals surface area contributed by atoms with Gasteiger partial charge in [-0.15, -0.1) is 0 Å². The average Bonchev–Trinajstić information content (AvgIpc) is 3.57. The number of carbonyl (C=O) groups is 1. The van der Waals surface area contributed by atoms with Gasteiger partial charge < -0.3 is 19.4 Å². The minimum absolute atomic E-state index is 0.0143. The van der Waals surface area contributed by atoms with Gasteiger partial charge >= 0.3 is 0 Å². The predicted octanol–water partition coefficient (Wildman–Crippen LogP) is 5.79. The molecule has 4 saturated heterocycles. The smallest absolute Gasteiger partial charge is 0.245 e. The highest BCUT2D eigenvalue weighted by atomic mass is 35.5. The van der Waals surface area contributed by atoms with Crippen LogP contribution in [0, 0.1) is 12.3 Å². The number of likely N-dealkylation sites (tertiary alicyclic amines) is 1. The highest BCUT2D eigenvalue weighted by Gasteiger charge is 2.54. The van der Waals surface area contributed by atoms with Crippen LogP contribution in [0.5, 0.6) is 0 Å². The fraction of sp³-hybridized carbons (Fsp3) is 0.629. The van der Waals surface area contributed by atoms with Gasteiger partial charge in [0.2, 0.25) is 5.91 Å². The van der Waals surface area contributed by atoms with Crippen LogP contribution in [0.1, 0.15) is 57.7 Å². The number of fused-ring (bicyclic) bond motifs is 1. The van der Waals surface area contributed by atoms with Crippen LogP contribution in [0.2, 0.25) is 10.0 Å². The van der Waals surface area contributed by atoms with E-state index in [9.17, 15) is 4.79 Å². The highest BCUT2D eigenvalue weighted by Crippen LogP contribution is 2.56. The Bertz CT molecular complexity index is 1640. The quantitative estimate of drug-likeness (QED) is 0.341. The molecular weight excluding hydrogens is 635 g/mol. The van der Waals surface area contributed by atoms with Crippen molar-refractivity contribution in [2.75, 3.05) is 71.0 Å². The van der Waals surface area contributed by atoms with E-state index in [1.807, 2.05) is 17.2 Å². The summed E-state index contributed by atoms with van der Waals surface area (Å²) in [6.45, 7) is 19.8. The van der Waals surface area contributed by atoms with Crippen molar-refractivity contribution in [3.8, 4) is 11.1 Å². The summed E-state index contributed by atoms with van der Waals surface area (Å²) in [7, 11) is 2.19. The number of aromatic amines is 1. The van der Waals surface area contributed by atoms with E-state index in [2.05, 4.69) is 64.0 Å². The standard InChI is InChI=1S/C27H32Cl2N6O.C8H16N2O/c1-5-21(36)33-14-27(15-33)11-17(12-27)35-16(2)22(25(32-35)34-9-7-6-8-26(34,3)4)23-18-13-30-31-20(18)10-19(28)24(23)29;1-9-2-4-10(5-3-9)8-6-11-7-8/h5,10,13,17H,1,6-9,11-12,14-15H2,2-4H3,(H,30,31);8H,2-7H2,1H3. The Morgan fingerprint density at radius 1 is 1.06 bits per heavy atom. The lowest BCUT2D eigenvalue weighted by atomic mass is 9.60. The Balaban J connectivity index is 0.000000269. The summed E-state index contributed by atoms with van der Waals surface area (Å²) < 4.78 is 7.37. The Labute approximate surface area is 288 Å². The maximum Gasteiger partial charge on any atom is 0.245 e. The Kier molecular flexibility index (Phi) is 8.87. The van der Waals surface area contributed by atoms with Gasteiger partial charge in [-0.05, 0) is 72.1 Å². The first-order chi connectivity index (χ1) is 22.5. The number of nitrogens with zero attached hydrogens (tertiary/aromatic N) is 7. The van der Waals surface area contributed by atoms with Crippen molar-refractivity contribution < 1.29 is 9.53 Å². The van der Waals surface area contributed by atoms with E-state index in [1.165, 1.54) is 38.7 Å². The Hall–Kier alpha value is -2.63. The van der Waals surface area contributed by atoms with Crippen molar-refractivity contribution in [2.45, 2.75) is 70.5 Å². The molecule has 2 aromatic heterocycles. The number of piperazine rings is 1. The van der Waals surface area contributed by atoms with Gasteiger partial charge in [-0.1, -0.05) is 29.8 Å². The summed E-state index contributed by atoms with van der Waals surface area (Å²) in [5.74, 6) is 0.998. The number of hydrogen-bond acceptors (Lipinski definition) is 7.